The van der Waals surface area contributed by atoms with Crippen molar-refractivity contribution in [3.63, 3.8) is 0 Å². The van der Waals surface area contributed by atoms with Crippen molar-refractivity contribution in [2.45, 2.75) is 32.3 Å². The maximum Gasteiger partial charge on any atom is 0.251 e. The number of rotatable bonds is 8. The van der Waals surface area contributed by atoms with Crippen LogP contribution in [0.4, 0.5) is 0 Å². The van der Waals surface area contributed by atoms with E-state index in [1.807, 2.05) is 43.3 Å². The highest BCUT2D eigenvalue weighted by atomic mass is 16.5. The molecule has 25 heavy (non-hydrogen) atoms. The van der Waals surface area contributed by atoms with Gasteiger partial charge in [-0.2, -0.15) is 0 Å². The number of ether oxygens (including phenoxy) is 1. The fourth-order valence-corrected chi connectivity index (χ4v) is 3.13. The topological polar surface area (TPSA) is 50.4 Å². The van der Waals surface area contributed by atoms with E-state index in [4.69, 9.17) is 4.74 Å². The first-order chi connectivity index (χ1) is 12.2. The largest absolute Gasteiger partial charge is 0.488 e. The predicted octanol–water partition coefficient (Wildman–Crippen LogP) is 3.10. The van der Waals surface area contributed by atoms with E-state index in [0.29, 0.717) is 6.54 Å². The number of carbonyl (C=O) groups is 1. The van der Waals surface area contributed by atoms with Crippen LogP contribution in [0.5, 0.6) is 5.75 Å². The lowest BCUT2D eigenvalue weighted by molar-refractivity contribution is 0.0952. The molecule has 132 valence electrons. The molecule has 1 aliphatic rings. The fourth-order valence-electron chi connectivity index (χ4n) is 3.13. The molecule has 3 rings (SSSR count). The lowest BCUT2D eigenvalue weighted by atomic mass is 10.1. The van der Waals surface area contributed by atoms with E-state index in [1.54, 1.807) is 0 Å². The number of para-hydroxylation sites is 1. The lowest BCUT2D eigenvalue weighted by Crippen LogP contribution is -2.31. The minimum absolute atomic E-state index is 0.0168. The minimum atomic E-state index is 0.0168. The first-order valence-electron chi connectivity index (χ1n) is 9.03. The standard InChI is InChI=1S/C21H26N2O2/c1-16-8-2-4-10-19(16)21(24)23-13-7-6-12-22-15-18-14-17-9-3-5-11-20(17)25-18/h2-5,8-11,18,22H,6-7,12-15H2,1H3,(H,23,24). The summed E-state index contributed by atoms with van der Waals surface area (Å²) in [5, 5.41) is 6.45. The number of fused-ring (bicyclic) bond motifs is 1. The van der Waals surface area contributed by atoms with E-state index in [1.165, 1.54) is 5.56 Å². The summed E-state index contributed by atoms with van der Waals surface area (Å²) in [4.78, 5) is 12.1. The van der Waals surface area contributed by atoms with Gasteiger partial charge in [0.05, 0.1) is 0 Å². The van der Waals surface area contributed by atoms with E-state index < -0.39 is 0 Å². The summed E-state index contributed by atoms with van der Waals surface area (Å²) < 4.78 is 5.91. The first-order valence-corrected chi connectivity index (χ1v) is 9.03. The van der Waals surface area contributed by atoms with Crippen molar-refractivity contribution in [1.82, 2.24) is 10.6 Å². The molecule has 0 radical (unpaired) electrons. The minimum Gasteiger partial charge on any atom is -0.488 e. The Morgan fingerprint density at radius 2 is 1.84 bits per heavy atom. The van der Waals surface area contributed by atoms with Gasteiger partial charge in [0.1, 0.15) is 11.9 Å². The van der Waals surface area contributed by atoms with Gasteiger partial charge in [-0.15, -0.1) is 0 Å². The van der Waals surface area contributed by atoms with Crippen LogP contribution in [-0.2, 0) is 6.42 Å². The van der Waals surface area contributed by atoms with Crippen molar-refractivity contribution >= 4 is 5.91 Å². The molecule has 0 saturated carbocycles. The average molecular weight is 338 g/mol. The first kappa shape index (κ1) is 17.5. The normalized spacial score (nSPS) is 15.5. The van der Waals surface area contributed by atoms with Gasteiger partial charge in [0.15, 0.2) is 0 Å². The number of hydrogen-bond acceptors (Lipinski definition) is 3. The highest BCUT2D eigenvalue weighted by molar-refractivity contribution is 5.95. The van der Waals surface area contributed by atoms with Gasteiger partial charge in [-0.3, -0.25) is 4.79 Å². The van der Waals surface area contributed by atoms with Crippen LogP contribution in [0.3, 0.4) is 0 Å². The van der Waals surface area contributed by atoms with E-state index in [0.717, 1.165) is 49.2 Å². The van der Waals surface area contributed by atoms with Crippen molar-refractivity contribution in [3.05, 3.63) is 65.2 Å². The molecular weight excluding hydrogens is 312 g/mol. The van der Waals surface area contributed by atoms with Crippen molar-refractivity contribution < 1.29 is 9.53 Å². The number of aryl methyl sites for hydroxylation is 1. The SMILES string of the molecule is Cc1ccccc1C(=O)NCCCCNCC1Cc2ccccc2O1. The van der Waals surface area contributed by atoms with Crippen LogP contribution in [0, 0.1) is 6.92 Å². The van der Waals surface area contributed by atoms with Crippen LogP contribution in [0.15, 0.2) is 48.5 Å². The third-order valence-corrected chi connectivity index (χ3v) is 4.54. The zero-order chi connectivity index (χ0) is 17.5. The van der Waals surface area contributed by atoms with Crippen molar-refractivity contribution in [1.29, 1.82) is 0 Å². The molecule has 0 aliphatic carbocycles. The Hall–Kier alpha value is -2.33. The molecule has 2 N–H and O–H groups in total. The van der Waals surface area contributed by atoms with Crippen LogP contribution in [0.2, 0.25) is 0 Å². The zero-order valence-electron chi connectivity index (χ0n) is 14.8. The molecule has 0 spiro atoms. The second kappa shape index (κ2) is 8.67. The Kier molecular flexibility index (Phi) is 6.07. The molecule has 1 aliphatic heterocycles. The second-order valence-corrected chi connectivity index (χ2v) is 6.53. The summed E-state index contributed by atoms with van der Waals surface area (Å²) in [6.45, 7) is 4.48. The van der Waals surface area contributed by atoms with E-state index in [9.17, 15) is 4.79 Å². The summed E-state index contributed by atoms with van der Waals surface area (Å²) in [6, 6.07) is 15.9. The summed E-state index contributed by atoms with van der Waals surface area (Å²) in [7, 11) is 0. The van der Waals surface area contributed by atoms with Gasteiger partial charge in [-0.05, 0) is 49.6 Å². The van der Waals surface area contributed by atoms with Gasteiger partial charge in [-0.25, -0.2) is 0 Å². The van der Waals surface area contributed by atoms with Crippen LogP contribution >= 0.6 is 0 Å². The Morgan fingerprint density at radius 3 is 2.68 bits per heavy atom. The summed E-state index contributed by atoms with van der Waals surface area (Å²) in [6.07, 6.45) is 3.22. The second-order valence-electron chi connectivity index (χ2n) is 6.53. The van der Waals surface area contributed by atoms with Crippen LogP contribution in [0.1, 0.15) is 34.3 Å². The Bertz CT molecular complexity index is 690. The molecule has 4 nitrogen and oxygen atoms in total. The molecular formula is C21H26N2O2. The molecule has 2 aromatic rings. The van der Waals surface area contributed by atoms with Gasteiger partial charge >= 0.3 is 0 Å². The zero-order valence-corrected chi connectivity index (χ0v) is 14.8. The van der Waals surface area contributed by atoms with Crippen molar-refractivity contribution in [2.75, 3.05) is 19.6 Å². The summed E-state index contributed by atoms with van der Waals surface area (Å²) in [5.74, 6) is 1.04. The van der Waals surface area contributed by atoms with Crippen molar-refractivity contribution in [3.8, 4) is 5.75 Å². The summed E-state index contributed by atoms with van der Waals surface area (Å²) >= 11 is 0. The van der Waals surface area contributed by atoms with Gasteiger partial charge < -0.3 is 15.4 Å². The number of benzene rings is 2. The fraction of sp³-hybridized carbons (Fsp3) is 0.381. The molecule has 0 bridgehead atoms. The van der Waals surface area contributed by atoms with Crippen LogP contribution in [0.25, 0.3) is 0 Å². The average Bonchev–Trinajstić information content (AvgIpc) is 3.04. The third-order valence-electron chi connectivity index (χ3n) is 4.54. The molecule has 0 fully saturated rings. The molecule has 0 saturated heterocycles. The maximum atomic E-state index is 12.1. The third kappa shape index (κ3) is 4.83. The monoisotopic (exact) mass is 338 g/mol. The number of carbonyl (C=O) groups excluding carboxylic acids is 1. The smallest absolute Gasteiger partial charge is 0.251 e. The molecule has 1 heterocycles. The lowest BCUT2D eigenvalue weighted by Gasteiger charge is -2.12. The van der Waals surface area contributed by atoms with Gasteiger partial charge in [0.25, 0.3) is 5.91 Å². The number of nitrogens with one attached hydrogen (secondary N) is 2. The Labute approximate surface area is 149 Å². The number of hydrogen-bond donors (Lipinski definition) is 2. The van der Waals surface area contributed by atoms with Gasteiger partial charge in [-0.1, -0.05) is 36.4 Å². The Balaban J connectivity index is 1.25. The molecule has 4 heteroatoms. The van der Waals surface area contributed by atoms with Crippen LogP contribution < -0.4 is 15.4 Å². The predicted molar refractivity (Wildman–Crippen MR) is 100 cm³/mol. The Morgan fingerprint density at radius 1 is 1.08 bits per heavy atom. The van der Waals surface area contributed by atoms with Gasteiger partial charge in [0, 0.05) is 25.1 Å². The molecule has 1 unspecified atom stereocenters. The highest BCUT2D eigenvalue weighted by Crippen LogP contribution is 2.27. The number of amides is 1. The van der Waals surface area contributed by atoms with E-state index in [2.05, 4.69) is 22.8 Å². The summed E-state index contributed by atoms with van der Waals surface area (Å²) in [5.41, 5.74) is 3.08. The number of unbranched alkanes of at least 4 members (excludes halogenated alkanes) is 1. The maximum absolute atomic E-state index is 12.1. The van der Waals surface area contributed by atoms with Crippen molar-refractivity contribution in [2.24, 2.45) is 0 Å². The van der Waals surface area contributed by atoms with Crippen LogP contribution in [-0.4, -0.2) is 31.6 Å². The van der Waals surface area contributed by atoms with E-state index >= 15 is 0 Å². The van der Waals surface area contributed by atoms with Gasteiger partial charge in [0.2, 0.25) is 0 Å². The molecule has 1 atom stereocenters. The quantitative estimate of drug-likeness (QED) is 0.727. The molecule has 0 aromatic heterocycles. The molecule has 2 aromatic carbocycles. The highest BCUT2D eigenvalue weighted by Gasteiger charge is 2.21. The molecule has 1 amide bonds. The van der Waals surface area contributed by atoms with E-state index in [-0.39, 0.29) is 12.0 Å².